The van der Waals surface area contributed by atoms with Gasteiger partial charge in [-0.15, -0.1) is 0 Å². The summed E-state index contributed by atoms with van der Waals surface area (Å²) in [5.41, 5.74) is 7.23. The van der Waals surface area contributed by atoms with Crippen LogP contribution in [0.4, 0.5) is 17.2 Å². The highest BCUT2D eigenvalue weighted by molar-refractivity contribution is 6.31. The number of benzene rings is 1. The van der Waals surface area contributed by atoms with Crippen LogP contribution in [0, 0.1) is 11.3 Å². The highest BCUT2D eigenvalue weighted by Crippen LogP contribution is 2.25. The van der Waals surface area contributed by atoms with E-state index in [0.717, 1.165) is 0 Å². The van der Waals surface area contributed by atoms with Gasteiger partial charge in [0.1, 0.15) is 17.5 Å². The number of halogens is 1. The van der Waals surface area contributed by atoms with Crippen molar-refractivity contribution in [3.63, 3.8) is 0 Å². The highest BCUT2D eigenvalue weighted by Gasteiger charge is 2.09. The second kappa shape index (κ2) is 6.11. The van der Waals surface area contributed by atoms with E-state index in [1.807, 2.05) is 6.07 Å². The number of pyridine rings is 1. The number of carbonyl (C=O) groups is 1. The number of ether oxygens (including phenoxy) is 1. The molecule has 0 bridgehead atoms. The molecule has 0 radical (unpaired) electrons. The lowest BCUT2D eigenvalue weighted by Gasteiger charge is -2.08. The van der Waals surface area contributed by atoms with Gasteiger partial charge in [-0.1, -0.05) is 11.6 Å². The van der Waals surface area contributed by atoms with Crippen LogP contribution in [-0.4, -0.2) is 18.1 Å². The van der Waals surface area contributed by atoms with Crippen molar-refractivity contribution in [1.29, 1.82) is 5.26 Å². The average Bonchev–Trinajstić information content (AvgIpc) is 2.47. The molecule has 0 amide bonds. The van der Waals surface area contributed by atoms with Crippen molar-refractivity contribution in [2.24, 2.45) is 0 Å². The Balaban J connectivity index is 2.23. The quantitative estimate of drug-likeness (QED) is 0.668. The molecular weight excluding hydrogens is 292 g/mol. The van der Waals surface area contributed by atoms with Crippen LogP contribution in [-0.2, 0) is 4.74 Å². The zero-order valence-electron chi connectivity index (χ0n) is 11.1. The normalized spacial score (nSPS) is 9.76. The van der Waals surface area contributed by atoms with Gasteiger partial charge in [0, 0.05) is 11.8 Å². The lowest BCUT2D eigenvalue weighted by Crippen LogP contribution is -2.02. The molecule has 1 aromatic carbocycles. The number of aromatic nitrogens is 1. The second-order valence-corrected chi connectivity index (χ2v) is 4.43. The summed E-state index contributed by atoms with van der Waals surface area (Å²) < 4.78 is 4.62. The van der Waals surface area contributed by atoms with Gasteiger partial charge in [-0.25, -0.2) is 9.78 Å². The number of carbonyl (C=O) groups excluding carboxylic acids is 1. The van der Waals surface area contributed by atoms with E-state index in [9.17, 15) is 4.79 Å². The topological polar surface area (TPSA) is 101 Å². The molecule has 6 nitrogen and oxygen atoms in total. The van der Waals surface area contributed by atoms with Gasteiger partial charge < -0.3 is 15.8 Å². The predicted molar refractivity (Wildman–Crippen MR) is 79.4 cm³/mol. The fourth-order valence-corrected chi connectivity index (χ4v) is 1.91. The van der Waals surface area contributed by atoms with E-state index in [1.54, 1.807) is 24.3 Å². The first kappa shape index (κ1) is 14.6. The lowest BCUT2D eigenvalue weighted by molar-refractivity contribution is 0.0601. The minimum absolute atomic E-state index is 0.0335. The summed E-state index contributed by atoms with van der Waals surface area (Å²) in [6.45, 7) is 0. The summed E-state index contributed by atoms with van der Waals surface area (Å²) in [6.07, 6.45) is 0. The van der Waals surface area contributed by atoms with Crippen molar-refractivity contribution in [2.75, 3.05) is 18.2 Å². The first-order valence-electron chi connectivity index (χ1n) is 5.86. The van der Waals surface area contributed by atoms with Crippen molar-refractivity contribution >= 4 is 34.8 Å². The maximum Gasteiger partial charge on any atom is 0.337 e. The van der Waals surface area contributed by atoms with Gasteiger partial charge in [0.15, 0.2) is 5.15 Å². The Morgan fingerprint density at radius 2 is 2.10 bits per heavy atom. The lowest BCUT2D eigenvalue weighted by atomic mass is 10.2. The van der Waals surface area contributed by atoms with Crippen molar-refractivity contribution < 1.29 is 9.53 Å². The Morgan fingerprint density at radius 1 is 1.43 bits per heavy atom. The van der Waals surface area contributed by atoms with Crippen LogP contribution in [0.3, 0.4) is 0 Å². The van der Waals surface area contributed by atoms with Gasteiger partial charge in [-0.2, -0.15) is 5.26 Å². The van der Waals surface area contributed by atoms with Crippen LogP contribution in [0.5, 0.6) is 0 Å². The van der Waals surface area contributed by atoms with E-state index in [2.05, 4.69) is 15.0 Å². The van der Waals surface area contributed by atoms with Crippen LogP contribution in [0.15, 0.2) is 30.3 Å². The Bertz CT molecular complexity index is 700. The molecule has 2 aromatic rings. The molecule has 0 unspecified atom stereocenters. The zero-order valence-corrected chi connectivity index (χ0v) is 11.8. The molecule has 0 saturated heterocycles. The van der Waals surface area contributed by atoms with Crippen molar-refractivity contribution in [3.8, 4) is 6.07 Å². The van der Waals surface area contributed by atoms with Gasteiger partial charge >= 0.3 is 5.97 Å². The maximum absolute atomic E-state index is 11.3. The number of rotatable bonds is 3. The molecule has 0 aliphatic rings. The number of hydrogen-bond donors (Lipinski definition) is 2. The van der Waals surface area contributed by atoms with Crippen LogP contribution in [0.2, 0.25) is 5.15 Å². The number of nitrogens with one attached hydrogen (secondary N) is 1. The third kappa shape index (κ3) is 3.22. The molecule has 106 valence electrons. The number of nitrogens with zero attached hydrogens (tertiary/aromatic N) is 2. The Kier molecular flexibility index (Phi) is 4.26. The number of hydrogen-bond acceptors (Lipinski definition) is 6. The Morgan fingerprint density at radius 3 is 2.62 bits per heavy atom. The Labute approximate surface area is 126 Å². The molecule has 0 aliphatic carbocycles. The fraction of sp³-hybridized carbons (Fsp3) is 0.0714. The number of nitriles is 1. The van der Waals surface area contributed by atoms with Gasteiger partial charge in [-0.05, 0) is 24.3 Å². The highest BCUT2D eigenvalue weighted by atomic mass is 35.5. The third-order valence-corrected chi connectivity index (χ3v) is 2.97. The summed E-state index contributed by atoms with van der Waals surface area (Å²) in [4.78, 5) is 15.4. The van der Waals surface area contributed by atoms with E-state index in [1.165, 1.54) is 13.2 Å². The molecule has 3 N–H and O–H groups in total. The van der Waals surface area contributed by atoms with Gasteiger partial charge in [0.25, 0.3) is 0 Å². The van der Waals surface area contributed by atoms with Crippen molar-refractivity contribution in [2.45, 2.75) is 0 Å². The molecule has 7 heteroatoms. The number of anilines is 3. The van der Waals surface area contributed by atoms with E-state index in [0.29, 0.717) is 17.1 Å². The second-order valence-electron chi connectivity index (χ2n) is 4.07. The largest absolute Gasteiger partial charge is 0.465 e. The fourth-order valence-electron chi connectivity index (χ4n) is 1.66. The van der Waals surface area contributed by atoms with Gasteiger partial charge in [0.2, 0.25) is 0 Å². The van der Waals surface area contributed by atoms with Gasteiger partial charge in [-0.3, -0.25) is 0 Å². The number of nitrogens with two attached hydrogens (primary N) is 1. The molecule has 0 saturated carbocycles. The molecule has 0 spiro atoms. The van der Waals surface area contributed by atoms with E-state index in [-0.39, 0.29) is 16.4 Å². The summed E-state index contributed by atoms with van der Waals surface area (Å²) in [6, 6.07) is 10.0. The smallest absolute Gasteiger partial charge is 0.337 e. The summed E-state index contributed by atoms with van der Waals surface area (Å²) in [7, 11) is 1.32. The molecule has 2 rings (SSSR count). The summed E-state index contributed by atoms with van der Waals surface area (Å²) in [5, 5.41) is 11.9. The van der Waals surface area contributed by atoms with E-state index >= 15 is 0 Å². The molecule has 1 heterocycles. The van der Waals surface area contributed by atoms with Crippen LogP contribution < -0.4 is 11.1 Å². The summed E-state index contributed by atoms with van der Waals surface area (Å²) in [5.74, 6) is -0.00680. The maximum atomic E-state index is 11.3. The first-order valence-corrected chi connectivity index (χ1v) is 6.24. The predicted octanol–water partition coefficient (Wildman–Crippen LogP) is 2.72. The summed E-state index contributed by atoms with van der Waals surface area (Å²) >= 11 is 5.87. The SMILES string of the molecule is COC(=O)c1ccc(Nc2cc(N)c(C#N)c(Cl)n2)cc1. The standard InChI is InChI=1S/C14H11ClN4O2/c1-21-14(20)8-2-4-9(5-3-8)18-12-6-11(17)10(7-16)13(15)19-12/h2-6H,1H3,(H3,17,18,19). The number of methoxy groups -OCH3 is 1. The molecule has 21 heavy (non-hydrogen) atoms. The molecule has 0 atom stereocenters. The number of esters is 1. The number of nitrogen functional groups attached to an aromatic ring is 1. The van der Waals surface area contributed by atoms with Crippen molar-refractivity contribution in [3.05, 3.63) is 46.6 Å². The van der Waals surface area contributed by atoms with Crippen LogP contribution >= 0.6 is 11.6 Å². The van der Waals surface area contributed by atoms with Crippen LogP contribution in [0.25, 0.3) is 0 Å². The minimum Gasteiger partial charge on any atom is -0.465 e. The molecule has 1 aromatic heterocycles. The van der Waals surface area contributed by atoms with E-state index in [4.69, 9.17) is 22.6 Å². The minimum atomic E-state index is -0.412. The third-order valence-electron chi connectivity index (χ3n) is 2.70. The average molecular weight is 303 g/mol. The monoisotopic (exact) mass is 302 g/mol. The first-order chi connectivity index (χ1) is 10.0. The zero-order chi connectivity index (χ0) is 15.4. The van der Waals surface area contributed by atoms with E-state index < -0.39 is 5.97 Å². The van der Waals surface area contributed by atoms with Crippen LogP contribution in [0.1, 0.15) is 15.9 Å². The molecule has 0 aliphatic heterocycles. The molecule has 0 fully saturated rings. The Hall–Kier alpha value is -2.78. The van der Waals surface area contributed by atoms with Gasteiger partial charge in [0.05, 0.1) is 18.4 Å². The van der Waals surface area contributed by atoms with Crippen molar-refractivity contribution in [1.82, 2.24) is 4.98 Å². The molecular formula is C14H11ClN4O2.